The Morgan fingerprint density at radius 3 is 2.76 bits per heavy atom. The fourth-order valence-electron chi connectivity index (χ4n) is 1.41. The van der Waals surface area contributed by atoms with E-state index in [1.807, 2.05) is 6.92 Å². The molecule has 0 aromatic carbocycles. The molecule has 0 aliphatic rings. The average molecular weight is 231 g/mol. The molecule has 2 rings (SSSR count). The number of aryl methyl sites for hydroxylation is 2. The lowest BCUT2D eigenvalue weighted by molar-refractivity contribution is 0.0995. The molecule has 0 unspecified atom stereocenters. The van der Waals surface area contributed by atoms with E-state index < -0.39 is 0 Å². The molecule has 5 heteroatoms. The summed E-state index contributed by atoms with van der Waals surface area (Å²) in [5, 5.41) is 2.65. The summed E-state index contributed by atoms with van der Waals surface area (Å²) < 4.78 is 5.09. The SMILES string of the molecule is Cc1cc(NC(=O)c2occc2C)ncc1N. The number of hydrogen-bond acceptors (Lipinski definition) is 4. The van der Waals surface area contributed by atoms with E-state index in [9.17, 15) is 4.79 Å². The molecule has 1 amide bonds. The summed E-state index contributed by atoms with van der Waals surface area (Å²) in [4.78, 5) is 15.8. The Bertz CT molecular complexity index is 561. The van der Waals surface area contributed by atoms with Crippen molar-refractivity contribution in [2.24, 2.45) is 0 Å². The van der Waals surface area contributed by atoms with Crippen molar-refractivity contribution < 1.29 is 9.21 Å². The van der Waals surface area contributed by atoms with E-state index in [4.69, 9.17) is 10.2 Å². The number of nitrogens with one attached hydrogen (secondary N) is 1. The quantitative estimate of drug-likeness (QED) is 0.829. The van der Waals surface area contributed by atoms with Gasteiger partial charge in [0.05, 0.1) is 18.1 Å². The van der Waals surface area contributed by atoms with Gasteiger partial charge in [0.15, 0.2) is 5.76 Å². The second-order valence-corrected chi connectivity index (χ2v) is 3.81. The first-order valence-corrected chi connectivity index (χ1v) is 5.15. The monoisotopic (exact) mass is 231 g/mol. The molecule has 0 aliphatic heterocycles. The molecule has 2 aromatic rings. The summed E-state index contributed by atoms with van der Waals surface area (Å²) in [6.45, 7) is 3.66. The van der Waals surface area contributed by atoms with Crippen LogP contribution < -0.4 is 11.1 Å². The summed E-state index contributed by atoms with van der Waals surface area (Å²) in [6, 6.07) is 3.45. The van der Waals surface area contributed by atoms with Crippen LogP contribution in [0.25, 0.3) is 0 Å². The van der Waals surface area contributed by atoms with Gasteiger partial charge in [0.2, 0.25) is 0 Å². The van der Waals surface area contributed by atoms with Crippen molar-refractivity contribution in [1.82, 2.24) is 4.98 Å². The fraction of sp³-hybridized carbons (Fsp3) is 0.167. The predicted octanol–water partition coefficient (Wildman–Crippen LogP) is 2.13. The number of anilines is 2. The minimum atomic E-state index is -0.316. The Hall–Kier alpha value is -2.30. The first kappa shape index (κ1) is 11.2. The number of nitrogens with two attached hydrogens (primary N) is 1. The normalized spacial score (nSPS) is 10.2. The van der Waals surface area contributed by atoms with E-state index in [0.717, 1.165) is 11.1 Å². The van der Waals surface area contributed by atoms with E-state index >= 15 is 0 Å². The molecule has 0 atom stereocenters. The van der Waals surface area contributed by atoms with Crippen LogP contribution in [0, 0.1) is 13.8 Å². The number of pyridine rings is 1. The van der Waals surface area contributed by atoms with Crippen molar-refractivity contribution in [3.05, 3.63) is 41.5 Å². The summed E-state index contributed by atoms with van der Waals surface area (Å²) in [5.74, 6) is 0.433. The van der Waals surface area contributed by atoms with E-state index in [1.54, 1.807) is 19.1 Å². The van der Waals surface area contributed by atoms with Crippen LogP contribution >= 0.6 is 0 Å². The van der Waals surface area contributed by atoms with Crippen molar-refractivity contribution in [3.63, 3.8) is 0 Å². The molecule has 0 spiro atoms. The topological polar surface area (TPSA) is 81.2 Å². The van der Waals surface area contributed by atoms with Gasteiger partial charge in [0.25, 0.3) is 5.91 Å². The van der Waals surface area contributed by atoms with E-state index in [0.29, 0.717) is 17.3 Å². The highest BCUT2D eigenvalue weighted by molar-refractivity contribution is 6.02. The summed E-state index contributed by atoms with van der Waals surface area (Å²) >= 11 is 0. The molecule has 2 aromatic heterocycles. The molecule has 0 radical (unpaired) electrons. The standard InChI is InChI=1S/C12H13N3O2/c1-7-3-4-17-11(7)12(16)15-10-5-8(2)9(13)6-14-10/h3-6H,13H2,1-2H3,(H,14,15,16). The van der Waals surface area contributed by atoms with Gasteiger partial charge in [0, 0.05) is 5.56 Å². The van der Waals surface area contributed by atoms with Gasteiger partial charge < -0.3 is 15.5 Å². The van der Waals surface area contributed by atoms with Gasteiger partial charge in [-0.05, 0) is 31.5 Å². The van der Waals surface area contributed by atoms with Crippen LogP contribution in [0.4, 0.5) is 11.5 Å². The highest BCUT2D eigenvalue weighted by Gasteiger charge is 2.13. The molecular formula is C12H13N3O2. The zero-order valence-corrected chi connectivity index (χ0v) is 9.65. The van der Waals surface area contributed by atoms with Gasteiger partial charge in [-0.2, -0.15) is 0 Å². The van der Waals surface area contributed by atoms with Crippen molar-refractivity contribution in [2.45, 2.75) is 13.8 Å². The van der Waals surface area contributed by atoms with Gasteiger partial charge in [-0.1, -0.05) is 0 Å². The molecule has 5 nitrogen and oxygen atoms in total. The number of nitrogens with zero attached hydrogens (tertiary/aromatic N) is 1. The molecular weight excluding hydrogens is 218 g/mol. The minimum Gasteiger partial charge on any atom is -0.459 e. The first-order chi connectivity index (χ1) is 8.08. The van der Waals surface area contributed by atoms with Crippen LogP contribution in [0.5, 0.6) is 0 Å². The molecule has 0 fully saturated rings. The summed E-state index contributed by atoms with van der Waals surface area (Å²) in [6.07, 6.45) is 2.99. The number of carbonyl (C=O) groups is 1. The molecule has 0 saturated heterocycles. The number of amides is 1. The molecule has 0 aliphatic carbocycles. The van der Waals surface area contributed by atoms with Crippen molar-refractivity contribution >= 4 is 17.4 Å². The molecule has 0 bridgehead atoms. The Morgan fingerprint density at radius 2 is 2.18 bits per heavy atom. The van der Waals surface area contributed by atoms with Crippen LogP contribution in [-0.4, -0.2) is 10.9 Å². The van der Waals surface area contributed by atoms with Crippen LogP contribution in [0.3, 0.4) is 0 Å². The lowest BCUT2D eigenvalue weighted by Gasteiger charge is -2.05. The second-order valence-electron chi connectivity index (χ2n) is 3.81. The summed E-state index contributed by atoms with van der Waals surface area (Å²) in [5.41, 5.74) is 7.89. The smallest absolute Gasteiger partial charge is 0.292 e. The second kappa shape index (κ2) is 4.29. The molecule has 2 heterocycles. The van der Waals surface area contributed by atoms with Crippen LogP contribution in [0.2, 0.25) is 0 Å². The Balaban J connectivity index is 2.19. The molecule has 0 saturated carbocycles. The Kier molecular flexibility index (Phi) is 2.82. The lowest BCUT2D eigenvalue weighted by atomic mass is 10.2. The zero-order valence-electron chi connectivity index (χ0n) is 9.65. The lowest BCUT2D eigenvalue weighted by Crippen LogP contribution is -2.13. The summed E-state index contributed by atoms with van der Waals surface area (Å²) in [7, 11) is 0. The number of hydrogen-bond donors (Lipinski definition) is 2. The number of aromatic nitrogens is 1. The highest BCUT2D eigenvalue weighted by atomic mass is 16.3. The molecule has 17 heavy (non-hydrogen) atoms. The van der Waals surface area contributed by atoms with Crippen molar-refractivity contribution in [2.75, 3.05) is 11.1 Å². The van der Waals surface area contributed by atoms with Gasteiger partial charge in [-0.25, -0.2) is 4.98 Å². The van der Waals surface area contributed by atoms with Crippen LogP contribution in [0.15, 0.2) is 29.0 Å². The largest absolute Gasteiger partial charge is 0.459 e. The first-order valence-electron chi connectivity index (χ1n) is 5.15. The van der Waals surface area contributed by atoms with Crippen molar-refractivity contribution in [1.29, 1.82) is 0 Å². The average Bonchev–Trinajstić information content (AvgIpc) is 2.70. The third-order valence-corrected chi connectivity index (χ3v) is 2.46. The third kappa shape index (κ3) is 2.28. The predicted molar refractivity (Wildman–Crippen MR) is 64.8 cm³/mol. The van der Waals surface area contributed by atoms with Gasteiger partial charge in [0.1, 0.15) is 5.82 Å². The fourth-order valence-corrected chi connectivity index (χ4v) is 1.41. The Labute approximate surface area is 98.6 Å². The van der Waals surface area contributed by atoms with E-state index in [2.05, 4.69) is 10.3 Å². The van der Waals surface area contributed by atoms with Crippen LogP contribution in [0.1, 0.15) is 21.7 Å². The number of rotatable bonds is 2. The molecule has 88 valence electrons. The maximum Gasteiger partial charge on any atom is 0.292 e. The maximum atomic E-state index is 11.8. The third-order valence-electron chi connectivity index (χ3n) is 2.46. The molecule has 3 N–H and O–H groups in total. The van der Waals surface area contributed by atoms with Gasteiger partial charge >= 0.3 is 0 Å². The van der Waals surface area contributed by atoms with Gasteiger partial charge in [-0.15, -0.1) is 0 Å². The highest BCUT2D eigenvalue weighted by Crippen LogP contribution is 2.15. The maximum absolute atomic E-state index is 11.8. The zero-order chi connectivity index (χ0) is 12.4. The van der Waals surface area contributed by atoms with Crippen LogP contribution in [-0.2, 0) is 0 Å². The van der Waals surface area contributed by atoms with Gasteiger partial charge in [-0.3, -0.25) is 4.79 Å². The number of furan rings is 1. The van der Waals surface area contributed by atoms with Crippen molar-refractivity contribution in [3.8, 4) is 0 Å². The van der Waals surface area contributed by atoms with E-state index in [-0.39, 0.29) is 5.91 Å². The minimum absolute atomic E-state index is 0.293. The van der Waals surface area contributed by atoms with E-state index in [1.165, 1.54) is 12.5 Å². The Morgan fingerprint density at radius 1 is 1.41 bits per heavy atom. The number of nitrogen functional groups attached to an aromatic ring is 1. The number of carbonyl (C=O) groups excluding carboxylic acids is 1.